The Labute approximate surface area is 339 Å². The number of halogens is 5. The Balaban J connectivity index is 1.62. The number of likely N-dealkylation sites (tertiary alicyclic amines) is 1. The van der Waals surface area contributed by atoms with Gasteiger partial charge in [-0.2, -0.15) is 13.2 Å². The first-order valence-electron chi connectivity index (χ1n) is 25.6. The van der Waals surface area contributed by atoms with Gasteiger partial charge in [0.15, 0.2) is 11.6 Å². The molecule has 0 aromatic heterocycles. The summed E-state index contributed by atoms with van der Waals surface area (Å²) in [7, 11) is -3.19. The van der Waals surface area contributed by atoms with Gasteiger partial charge >= 0.3 is 6.18 Å². The molecule has 1 atom stereocenters. The van der Waals surface area contributed by atoms with Crippen LogP contribution < -0.4 is 4.90 Å². The van der Waals surface area contributed by atoms with E-state index >= 15 is 9.18 Å². The molecule has 280 valence electrons. The average molecular weight is 772 g/mol. The lowest BCUT2D eigenvalue weighted by molar-refractivity contribution is -0.137. The third-order valence-electron chi connectivity index (χ3n) is 7.68. The topological polar surface area (TPSA) is 56.3 Å². The van der Waals surface area contributed by atoms with Crippen LogP contribution in [0.25, 0.3) is 11.1 Å². The van der Waals surface area contributed by atoms with Gasteiger partial charge < -0.3 is 24.5 Å². The maximum absolute atomic E-state index is 15.6. The van der Waals surface area contributed by atoms with E-state index in [0.29, 0.717) is 11.0 Å². The zero-order valence-corrected chi connectivity index (χ0v) is 28.3. The predicted molar refractivity (Wildman–Crippen MR) is 198 cm³/mol. The molecule has 1 unspecified atom stereocenters. The number of hydrogen-bond donors (Lipinski definition) is 1. The van der Waals surface area contributed by atoms with E-state index in [1.807, 2.05) is 0 Å². The van der Waals surface area contributed by atoms with Crippen LogP contribution in [0.2, 0.25) is 0 Å². The molecule has 6 rings (SSSR count). The first kappa shape index (κ1) is 20.5. The van der Waals surface area contributed by atoms with Gasteiger partial charge in [-0.1, -0.05) is 66.2 Å². The van der Waals surface area contributed by atoms with Gasteiger partial charge in [-0.25, -0.2) is 8.78 Å². The number of hydrogen-bond acceptors (Lipinski definition) is 6. The lowest BCUT2D eigenvalue weighted by Gasteiger charge is -2.40. The minimum atomic E-state index is -4.73. The van der Waals surface area contributed by atoms with Crippen molar-refractivity contribution in [1.82, 2.24) is 9.80 Å². The van der Waals surface area contributed by atoms with Crippen molar-refractivity contribution in [2.24, 2.45) is 0 Å². The summed E-state index contributed by atoms with van der Waals surface area (Å²) >= 11 is -0.212. The highest BCUT2D eigenvalue weighted by Gasteiger charge is 2.33. The van der Waals surface area contributed by atoms with Gasteiger partial charge in [0.2, 0.25) is 5.91 Å². The number of aliphatic hydroxyl groups is 1. The van der Waals surface area contributed by atoms with E-state index in [0.717, 1.165) is 60.7 Å². The summed E-state index contributed by atoms with van der Waals surface area (Å²) in [6, 6.07) is 1.73. The second-order valence-electron chi connectivity index (χ2n) is 11.3. The molecule has 0 saturated carbocycles. The molecule has 1 N–H and O–H groups in total. The molecule has 0 bridgehead atoms. The highest BCUT2D eigenvalue weighted by atomic mass is 32.2. The zero-order chi connectivity index (χ0) is 55.4. The number of ether oxygens (including phenoxy) is 1. The summed E-state index contributed by atoms with van der Waals surface area (Å²) in [5.41, 5.74) is -7.69. The minimum Gasteiger partial charge on any atom is -0.384 e. The van der Waals surface area contributed by atoms with Crippen molar-refractivity contribution in [3.05, 3.63) is 135 Å². The molecule has 1 saturated heterocycles. The molecular formula is C41H42F5N3O3S. The van der Waals surface area contributed by atoms with Crippen LogP contribution in [0.4, 0.5) is 27.6 Å². The number of thioether (sulfide) groups is 1. The number of piperidine rings is 1. The highest BCUT2D eigenvalue weighted by molar-refractivity contribution is 8.02. The average Bonchev–Trinajstić information content (AvgIpc) is 3.28. The molecule has 12 heteroatoms. The van der Waals surface area contributed by atoms with E-state index in [-0.39, 0.29) is 33.4 Å². The molecule has 2 aliphatic heterocycles. The van der Waals surface area contributed by atoms with E-state index in [1.165, 1.54) is 6.92 Å². The molecule has 4 aromatic rings. The summed E-state index contributed by atoms with van der Waals surface area (Å²) in [6.45, 7) is -14.9. The molecule has 4 aromatic carbocycles. The Morgan fingerprint density at radius 2 is 1.79 bits per heavy atom. The second kappa shape index (κ2) is 16.8. The van der Waals surface area contributed by atoms with Crippen LogP contribution in [0.15, 0.2) is 95.9 Å². The first-order valence-corrected chi connectivity index (χ1v) is 16.4. The van der Waals surface area contributed by atoms with Crippen molar-refractivity contribution in [2.75, 3.05) is 44.6 Å². The number of fused-ring (bicyclic) bond motifs is 1. The Kier molecular flexibility index (Phi) is 6.50. The number of carbonyl (C=O) groups is 1. The van der Waals surface area contributed by atoms with Crippen LogP contribution in [0.5, 0.6) is 0 Å². The Bertz CT molecular complexity index is 2810. The lowest BCUT2D eigenvalue weighted by Crippen LogP contribution is -2.50. The van der Waals surface area contributed by atoms with E-state index in [2.05, 4.69) is 4.74 Å². The van der Waals surface area contributed by atoms with Crippen LogP contribution in [-0.4, -0.2) is 66.6 Å². The van der Waals surface area contributed by atoms with Gasteiger partial charge in [0.05, 0.1) is 30.9 Å². The minimum absolute atomic E-state index is 0.0931. The van der Waals surface area contributed by atoms with Crippen LogP contribution in [-0.2, 0) is 27.9 Å². The van der Waals surface area contributed by atoms with Crippen molar-refractivity contribution >= 4 is 23.4 Å². The number of anilines is 1. The number of carbonyl (C=O) groups excluding carboxylic acids is 1. The van der Waals surface area contributed by atoms with Crippen LogP contribution in [0.1, 0.15) is 74.1 Å². The van der Waals surface area contributed by atoms with Crippen LogP contribution in [0, 0.1) is 18.6 Å². The fourth-order valence-electron chi connectivity index (χ4n) is 5.04. The van der Waals surface area contributed by atoms with E-state index in [9.17, 15) is 32.3 Å². The number of benzene rings is 4. The van der Waals surface area contributed by atoms with Gasteiger partial charge in [0.25, 0.3) is 0 Å². The lowest BCUT2D eigenvalue weighted by atomic mass is 9.99. The smallest absolute Gasteiger partial charge is 0.384 e. The van der Waals surface area contributed by atoms with Crippen molar-refractivity contribution in [3.63, 3.8) is 0 Å². The number of alkyl halides is 3. The number of nitrogens with zero attached hydrogens (tertiary/aromatic N) is 3. The largest absolute Gasteiger partial charge is 0.416 e. The fraction of sp³-hybridized carbons (Fsp3) is 0.341. The Morgan fingerprint density at radius 1 is 1.09 bits per heavy atom. The molecule has 1 fully saturated rings. The van der Waals surface area contributed by atoms with Crippen molar-refractivity contribution in [3.8, 4) is 11.1 Å². The number of aliphatic hydroxyl groups excluding tert-OH is 1. The summed E-state index contributed by atoms with van der Waals surface area (Å²) in [5.74, 6) is -5.35. The van der Waals surface area contributed by atoms with Crippen LogP contribution in [0.3, 0.4) is 0 Å². The summed E-state index contributed by atoms with van der Waals surface area (Å²) in [6.07, 6.45) is -15.8. The molecule has 0 spiro atoms. The van der Waals surface area contributed by atoms with Crippen LogP contribution >= 0.6 is 11.8 Å². The normalized spacial score (nSPS) is 27.6. The first-order chi connectivity index (χ1) is 33.1. The standard InChI is InChI=1S/C41H42F5N3O3S/c1-27-6-15-36-34(22-27)37(50)23-39(53-26-31-4-3-5-35(42)40(31)43)49(36)25-38(51)48(33-16-18-47(19-17-33)20-21-52-2)24-28-7-9-29(10-8-28)30-11-13-32(14-12-30)41(44,45)46/h3-15,22-23,33,37,50H,16-21,24-26H2,1-2H3/i2D3,6D,15D,16D2,17D2,18D2,19D2,22D,23D,24D2,26D2,33D. The number of amides is 1. The number of rotatable bonds is 12. The Morgan fingerprint density at radius 3 is 2.47 bits per heavy atom. The van der Waals surface area contributed by atoms with Gasteiger partial charge in [-0.15, -0.1) is 11.8 Å². The van der Waals surface area contributed by atoms with E-state index in [4.69, 9.17) is 17.8 Å². The molecular weight excluding hydrogens is 710 g/mol. The maximum atomic E-state index is 15.6. The van der Waals surface area contributed by atoms with Gasteiger partial charge in [0, 0.05) is 75.3 Å². The third-order valence-corrected chi connectivity index (χ3v) is 8.53. The van der Waals surface area contributed by atoms with Gasteiger partial charge in [-0.3, -0.25) is 4.79 Å². The maximum Gasteiger partial charge on any atom is 0.416 e. The molecule has 6 nitrogen and oxygen atoms in total. The van der Waals surface area contributed by atoms with Gasteiger partial charge in [-0.05, 0) is 66.7 Å². The van der Waals surface area contributed by atoms with E-state index in [1.54, 1.807) is 0 Å². The predicted octanol–water partition coefficient (Wildman–Crippen LogP) is 8.73. The number of methoxy groups -OCH3 is 1. The summed E-state index contributed by atoms with van der Waals surface area (Å²) in [4.78, 5) is 15.3. The molecule has 2 heterocycles. The molecule has 53 heavy (non-hydrogen) atoms. The monoisotopic (exact) mass is 771 g/mol. The second-order valence-corrected chi connectivity index (χ2v) is 12.1. The van der Waals surface area contributed by atoms with E-state index < -0.39 is 163 Å². The Hall–Kier alpha value is -4.23. The quantitative estimate of drug-likeness (QED) is 0.146. The molecule has 0 radical (unpaired) electrons. The highest BCUT2D eigenvalue weighted by Crippen LogP contribution is 2.41. The summed E-state index contributed by atoms with van der Waals surface area (Å²) < 4.78 is 252. The van der Waals surface area contributed by atoms with Crippen molar-refractivity contribution in [1.29, 1.82) is 0 Å². The third kappa shape index (κ3) is 9.29. The fourth-order valence-corrected chi connectivity index (χ4v) is 5.84. The van der Waals surface area contributed by atoms with Gasteiger partial charge in [0.1, 0.15) is 12.6 Å². The van der Waals surface area contributed by atoms with Crippen molar-refractivity contribution < 1.29 is 64.0 Å². The SMILES string of the molecule is [2H]C1=C(SC([2H])([2H])c2cccc(F)c2F)N(CC(=O)N(C([2H])([2H])c2ccc(-c3ccc(C(F)(F)F)cc3)cc2)C2([2H])C([2H])([2H])C([2H])([2H])N(CCOC([2H])([2H])[2H])C([2H])([2H])C2([2H])[2H])c2c([2H])c([2H])c(C)c([2H])c2C1O. The summed E-state index contributed by atoms with van der Waals surface area (Å²) in [5, 5.41) is 10.6. The molecule has 0 aliphatic carbocycles. The zero-order valence-electron chi connectivity index (χ0n) is 47.5. The van der Waals surface area contributed by atoms with Crippen molar-refractivity contribution in [2.45, 2.75) is 50.2 Å². The molecule has 2 aliphatic rings. The molecule has 1 amide bonds.